The molecule has 0 saturated heterocycles. The Bertz CT molecular complexity index is 463. The van der Waals surface area contributed by atoms with Crippen LogP contribution in [0.3, 0.4) is 0 Å². The highest BCUT2D eigenvalue weighted by Crippen LogP contribution is 2.38. The predicted octanol–water partition coefficient (Wildman–Crippen LogP) is 4.48. The first kappa shape index (κ1) is 14.9. The van der Waals surface area contributed by atoms with E-state index in [2.05, 4.69) is 0 Å². The molecule has 1 aliphatic carbocycles. The van der Waals surface area contributed by atoms with Crippen LogP contribution in [0.25, 0.3) is 0 Å². The summed E-state index contributed by atoms with van der Waals surface area (Å²) in [6, 6.07) is 3.52. The van der Waals surface area contributed by atoms with E-state index in [1.54, 1.807) is 0 Å². The Morgan fingerprint density at radius 1 is 1.20 bits per heavy atom. The second kappa shape index (κ2) is 6.29. The van der Waals surface area contributed by atoms with Crippen LogP contribution in [-0.4, -0.2) is 12.9 Å². The highest BCUT2D eigenvalue weighted by molar-refractivity contribution is 5.80. The molecule has 5 heteroatoms. The first-order chi connectivity index (χ1) is 9.52. The minimum absolute atomic E-state index is 0.0457. The van der Waals surface area contributed by atoms with Crippen LogP contribution in [-0.2, 0) is 6.18 Å². The SMILES string of the molecule is O=Cc1cccc(C(F)(F)F)c1OCC1CCCCC1. The van der Waals surface area contributed by atoms with E-state index in [-0.39, 0.29) is 23.8 Å². The topological polar surface area (TPSA) is 26.3 Å². The molecule has 1 aliphatic rings. The van der Waals surface area contributed by atoms with Crippen LogP contribution in [0.1, 0.15) is 48.0 Å². The number of carbonyl (C=O) groups is 1. The molecule has 2 nitrogen and oxygen atoms in total. The molecule has 20 heavy (non-hydrogen) atoms. The van der Waals surface area contributed by atoms with Crippen LogP contribution in [0.15, 0.2) is 18.2 Å². The number of halogens is 3. The Kier molecular flexibility index (Phi) is 4.68. The second-order valence-corrected chi connectivity index (χ2v) is 5.15. The third kappa shape index (κ3) is 3.52. The van der Waals surface area contributed by atoms with Crippen molar-refractivity contribution in [2.24, 2.45) is 5.92 Å². The number of hydrogen-bond acceptors (Lipinski definition) is 2. The fourth-order valence-corrected chi connectivity index (χ4v) is 2.59. The van der Waals surface area contributed by atoms with Crippen LogP contribution >= 0.6 is 0 Å². The van der Waals surface area contributed by atoms with Crippen molar-refractivity contribution in [1.29, 1.82) is 0 Å². The quantitative estimate of drug-likeness (QED) is 0.763. The fraction of sp³-hybridized carbons (Fsp3) is 0.533. The van der Waals surface area contributed by atoms with Crippen molar-refractivity contribution in [2.75, 3.05) is 6.61 Å². The Morgan fingerprint density at radius 2 is 1.90 bits per heavy atom. The summed E-state index contributed by atoms with van der Waals surface area (Å²) in [5.41, 5.74) is -0.923. The number of carbonyl (C=O) groups excluding carboxylic acids is 1. The van der Waals surface area contributed by atoms with Crippen LogP contribution in [0.4, 0.5) is 13.2 Å². The first-order valence-corrected chi connectivity index (χ1v) is 6.80. The van der Waals surface area contributed by atoms with Gasteiger partial charge in [-0.15, -0.1) is 0 Å². The lowest BCUT2D eigenvalue weighted by Gasteiger charge is -2.23. The van der Waals surface area contributed by atoms with Crippen LogP contribution in [0, 0.1) is 5.92 Å². The van der Waals surface area contributed by atoms with Crippen molar-refractivity contribution < 1.29 is 22.7 Å². The molecule has 0 aromatic heterocycles. The van der Waals surface area contributed by atoms with Gasteiger partial charge in [0, 0.05) is 0 Å². The molecule has 1 fully saturated rings. The molecule has 0 amide bonds. The molecule has 0 bridgehead atoms. The van der Waals surface area contributed by atoms with E-state index >= 15 is 0 Å². The summed E-state index contributed by atoms with van der Waals surface area (Å²) in [5.74, 6) is -0.0508. The number of rotatable bonds is 4. The molecule has 1 aromatic rings. The van der Waals surface area contributed by atoms with E-state index in [1.807, 2.05) is 0 Å². The monoisotopic (exact) mass is 286 g/mol. The predicted molar refractivity (Wildman–Crippen MR) is 68.9 cm³/mol. The zero-order chi connectivity index (χ0) is 14.6. The molecule has 2 rings (SSSR count). The van der Waals surface area contributed by atoms with Crippen molar-refractivity contribution in [1.82, 2.24) is 0 Å². The molecule has 0 heterocycles. The number of hydrogen-bond donors (Lipinski definition) is 0. The van der Waals surface area contributed by atoms with Crippen molar-refractivity contribution >= 4 is 6.29 Å². The lowest BCUT2D eigenvalue weighted by Crippen LogP contribution is -2.18. The second-order valence-electron chi connectivity index (χ2n) is 5.15. The van der Waals surface area contributed by atoms with Crippen LogP contribution in [0.2, 0.25) is 0 Å². The van der Waals surface area contributed by atoms with Gasteiger partial charge in [0.2, 0.25) is 0 Å². The van der Waals surface area contributed by atoms with Gasteiger partial charge in [0.25, 0.3) is 0 Å². The maximum atomic E-state index is 12.9. The molecule has 0 spiro atoms. The van der Waals surface area contributed by atoms with Gasteiger partial charge < -0.3 is 4.74 Å². The molecule has 0 atom stereocenters. The van der Waals surface area contributed by atoms with Gasteiger partial charge in [0.1, 0.15) is 5.75 Å². The molecular formula is C15H17F3O2. The molecule has 110 valence electrons. The van der Waals surface area contributed by atoms with Gasteiger partial charge in [0.15, 0.2) is 6.29 Å². The Labute approximate surface area is 115 Å². The maximum Gasteiger partial charge on any atom is 0.419 e. The fourth-order valence-electron chi connectivity index (χ4n) is 2.59. The summed E-state index contributed by atoms with van der Waals surface area (Å²) >= 11 is 0. The lowest BCUT2D eigenvalue weighted by atomic mass is 9.90. The average molecular weight is 286 g/mol. The Balaban J connectivity index is 2.17. The first-order valence-electron chi connectivity index (χ1n) is 6.80. The highest BCUT2D eigenvalue weighted by atomic mass is 19.4. The highest BCUT2D eigenvalue weighted by Gasteiger charge is 2.35. The summed E-state index contributed by atoms with van der Waals surface area (Å²) in [4.78, 5) is 10.9. The van der Waals surface area contributed by atoms with Crippen molar-refractivity contribution in [3.8, 4) is 5.75 Å². The zero-order valence-electron chi connectivity index (χ0n) is 11.1. The van der Waals surface area contributed by atoms with Crippen LogP contribution < -0.4 is 4.74 Å². The molecule has 0 radical (unpaired) electrons. The third-order valence-corrected chi connectivity index (χ3v) is 3.67. The van der Waals surface area contributed by atoms with Crippen molar-refractivity contribution in [3.05, 3.63) is 29.3 Å². The number of alkyl halides is 3. The van der Waals surface area contributed by atoms with Crippen molar-refractivity contribution in [2.45, 2.75) is 38.3 Å². The van der Waals surface area contributed by atoms with E-state index in [1.165, 1.54) is 18.6 Å². The number of para-hydroxylation sites is 1. The minimum atomic E-state index is -4.51. The van der Waals surface area contributed by atoms with Gasteiger partial charge in [0.05, 0.1) is 17.7 Å². The molecule has 1 aromatic carbocycles. The maximum absolute atomic E-state index is 12.9. The zero-order valence-corrected chi connectivity index (χ0v) is 11.1. The molecule has 0 N–H and O–H groups in total. The third-order valence-electron chi connectivity index (χ3n) is 3.67. The van der Waals surface area contributed by atoms with Gasteiger partial charge >= 0.3 is 6.18 Å². The number of aldehydes is 1. The Morgan fingerprint density at radius 3 is 2.50 bits per heavy atom. The average Bonchev–Trinajstić information content (AvgIpc) is 2.44. The van der Waals surface area contributed by atoms with E-state index in [9.17, 15) is 18.0 Å². The molecule has 0 unspecified atom stereocenters. The summed E-state index contributed by atoms with van der Waals surface area (Å²) in [6.07, 6.45) is 1.21. The summed E-state index contributed by atoms with van der Waals surface area (Å²) in [6.45, 7) is 0.244. The van der Waals surface area contributed by atoms with Crippen molar-refractivity contribution in [3.63, 3.8) is 0 Å². The summed E-state index contributed by atoms with van der Waals surface area (Å²) < 4.78 is 44.2. The molecular weight excluding hydrogens is 269 g/mol. The van der Waals surface area contributed by atoms with Gasteiger partial charge in [-0.05, 0) is 30.9 Å². The van der Waals surface area contributed by atoms with Crippen LogP contribution in [0.5, 0.6) is 5.75 Å². The van der Waals surface area contributed by atoms with Gasteiger partial charge in [-0.1, -0.05) is 25.3 Å². The minimum Gasteiger partial charge on any atom is -0.492 e. The molecule has 1 saturated carbocycles. The Hall–Kier alpha value is -1.52. The van der Waals surface area contributed by atoms with Gasteiger partial charge in [-0.2, -0.15) is 13.2 Å². The normalized spacial score (nSPS) is 16.9. The van der Waals surface area contributed by atoms with E-state index in [0.29, 0.717) is 6.29 Å². The largest absolute Gasteiger partial charge is 0.492 e. The van der Waals surface area contributed by atoms with E-state index in [0.717, 1.165) is 31.7 Å². The van der Waals surface area contributed by atoms with Gasteiger partial charge in [-0.25, -0.2) is 0 Å². The summed E-state index contributed by atoms with van der Waals surface area (Å²) in [5, 5.41) is 0. The lowest BCUT2D eigenvalue weighted by molar-refractivity contribution is -0.139. The number of ether oxygens (including phenoxy) is 1. The number of benzene rings is 1. The standard InChI is InChI=1S/C15H17F3O2/c16-15(17,18)13-8-4-7-12(9-19)14(13)20-10-11-5-2-1-3-6-11/h4,7-9,11H,1-3,5-6,10H2. The van der Waals surface area contributed by atoms with E-state index in [4.69, 9.17) is 4.74 Å². The van der Waals surface area contributed by atoms with Gasteiger partial charge in [-0.3, -0.25) is 4.79 Å². The smallest absolute Gasteiger partial charge is 0.419 e. The van der Waals surface area contributed by atoms with E-state index < -0.39 is 11.7 Å². The molecule has 0 aliphatic heterocycles. The summed E-state index contributed by atoms with van der Waals surface area (Å²) in [7, 11) is 0.